The molecule has 0 spiro atoms. The van der Waals surface area contributed by atoms with Crippen molar-refractivity contribution in [3.8, 4) is 11.3 Å². The number of thiophene rings is 1. The molecule has 0 saturated carbocycles. The maximum Gasteiger partial charge on any atom is 0.261 e. The highest BCUT2D eigenvalue weighted by Gasteiger charge is 2.24. The Morgan fingerprint density at radius 3 is 2.88 bits per heavy atom. The molecule has 126 valence electrons. The number of carbonyl (C=O) groups excluding carboxylic acids is 1. The monoisotopic (exact) mass is 350 g/mol. The molecule has 1 amide bonds. The number of nitrogens with zero attached hydrogens (tertiary/aromatic N) is 1. The second-order valence-electron chi connectivity index (χ2n) is 6.33. The van der Waals surface area contributed by atoms with Crippen LogP contribution in [0, 0.1) is 6.92 Å². The molecule has 4 rings (SSSR count). The van der Waals surface area contributed by atoms with E-state index in [9.17, 15) is 9.59 Å². The van der Waals surface area contributed by atoms with Gasteiger partial charge in [-0.25, -0.2) is 0 Å². The van der Waals surface area contributed by atoms with Crippen LogP contribution >= 0.6 is 11.3 Å². The van der Waals surface area contributed by atoms with Crippen LogP contribution in [0.3, 0.4) is 0 Å². The molecule has 25 heavy (non-hydrogen) atoms. The van der Waals surface area contributed by atoms with Crippen molar-refractivity contribution in [3.05, 3.63) is 79.8 Å². The quantitative estimate of drug-likeness (QED) is 0.768. The number of amides is 1. The number of hydrogen-bond donors (Lipinski definition) is 1. The van der Waals surface area contributed by atoms with Gasteiger partial charge in [-0.2, -0.15) is 0 Å². The van der Waals surface area contributed by atoms with Crippen molar-refractivity contribution in [2.45, 2.75) is 19.9 Å². The fraction of sp³-hybridized carbons (Fsp3) is 0.200. The number of rotatable bonds is 2. The minimum Gasteiger partial charge on any atom is -0.334 e. The van der Waals surface area contributed by atoms with E-state index in [4.69, 9.17) is 0 Å². The number of aryl methyl sites for hydroxylation is 1. The van der Waals surface area contributed by atoms with E-state index in [0.717, 1.165) is 23.2 Å². The van der Waals surface area contributed by atoms with Crippen molar-refractivity contribution in [1.82, 2.24) is 9.88 Å². The van der Waals surface area contributed by atoms with Crippen LogP contribution in [0.2, 0.25) is 0 Å². The average molecular weight is 350 g/mol. The Labute approximate surface area is 149 Å². The molecule has 5 heteroatoms. The van der Waals surface area contributed by atoms with Gasteiger partial charge in [0.05, 0.1) is 0 Å². The van der Waals surface area contributed by atoms with E-state index in [2.05, 4.69) is 16.4 Å². The SMILES string of the molecule is Cc1cccc(-c2ccc(C(=O)N3CCc4sccc4C3)c(=O)[nH]2)c1. The van der Waals surface area contributed by atoms with Crippen LogP contribution in [-0.2, 0) is 13.0 Å². The van der Waals surface area contributed by atoms with E-state index in [-0.39, 0.29) is 17.0 Å². The fourth-order valence-corrected chi connectivity index (χ4v) is 4.10. The highest BCUT2D eigenvalue weighted by atomic mass is 32.1. The van der Waals surface area contributed by atoms with Gasteiger partial charge in [-0.05, 0) is 54.1 Å². The predicted molar refractivity (Wildman–Crippen MR) is 100.0 cm³/mol. The number of aromatic nitrogens is 1. The Hall–Kier alpha value is -2.66. The zero-order valence-corrected chi connectivity index (χ0v) is 14.7. The van der Waals surface area contributed by atoms with Gasteiger partial charge in [0.25, 0.3) is 11.5 Å². The van der Waals surface area contributed by atoms with Gasteiger partial charge in [0.2, 0.25) is 0 Å². The van der Waals surface area contributed by atoms with Crippen molar-refractivity contribution in [1.29, 1.82) is 0 Å². The molecule has 0 radical (unpaired) electrons. The van der Waals surface area contributed by atoms with E-state index >= 15 is 0 Å². The lowest BCUT2D eigenvalue weighted by Crippen LogP contribution is -2.38. The number of fused-ring (bicyclic) bond motifs is 1. The Morgan fingerprint density at radius 1 is 1.20 bits per heavy atom. The number of hydrogen-bond acceptors (Lipinski definition) is 3. The van der Waals surface area contributed by atoms with Crippen LogP contribution in [0.5, 0.6) is 0 Å². The maximum atomic E-state index is 12.8. The highest BCUT2D eigenvalue weighted by Crippen LogP contribution is 2.25. The standard InChI is InChI=1S/C20H18N2O2S/c1-13-3-2-4-14(11-13)17-6-5-16(19(23)21-17)20(24)22-9-7-18-15(12-22)8-10-25-18/h2-6,8,10-11H,7,9,12H2,1H3,(H,21,23). The molecule has 2 aromatic heterocycles. The van der Waals surface area contributed by atoms with Crippen molar-refractivity contribution < 1.29 is 4.79 Å². The van der Waals surface area contributed by atoms with E-state index in [1.807, 2.05) is 37.3 Å². The number of carbonyl (C=O) groups is 1. The molecule has 4 nitrogen and oxygen atoms in total. The van der Waals surface area contributed by atoms with E-state index in [1.165, 1.54) is 10.4 Å². The molecule has 1 aliphatic rings. The number of pyridine rings is 1. The lowest BCUT2D eigenvalue weighted by molar-refractivity contribution is 0.0734. The summed E-state index contributed by atoms with van der Waals surface area (Å²) in [4.78, 5) is 31.2. The summed E-state index contributed by atoms with van der Waals surface area (Å²) in [6.07, 6.45) is 0.859. The summed E-state index contributed by atoms with van der Waals surface area (Å²) >= 11 is 1.73. The first-order chi connectivity index (χ1) is 12.1. The smallest absolute Gasteiger partial charge is 0.261 e. The number of H-pyrrole nitrogens is 1. The van der Waals surface area contributed by atoms with E-state index < -0.39 is 0 Å². The summed E-state index contributed by atoms with van der Waals surface area (Å²) < 4.78 is 0. The summed E-state index contributed by atoms with van der Waals surface area (Å²) in [6, 6.07) is 13.4. The number of aromatic amines is 1. The molecular weight excluding hydrogens is 332 g/mol. The van der Waals surface area contributed by atoms with Gasteiger partial charge in [0, 0.05) is 23.7 Å². The lowest BCUT2D eigenvalue weighted by atomic mass is 10.1. The number of nitrogens with one attached hydrogen (secondary N) is 1. The van der Waals surface area contributed by atoms with Gasteiger partial charge < -0.3 is 9.88 Å². The summed E-state index contributed by atoms with van der Waals surface area (Å²) in [5.41, 5.74) is 3.85. The third-order valence-electron chi connectivity index (χ3n) is 4.56. The third kappa shape index (κ3) is 3.03. The first-order valence-electron chi connectivity index (χ1n) is 8.27. The third-order valence-corrected chi connectivity index (χ3v) is 5.59. The second-order valence-corrected chi connectivity index (χ2v) is 7.33. The van der Waals surface area contributed by atoms with Crippen LogP contribution in [-0.4, -0.2) is 22.3 Å². The Bertz CT molecular complexity index is 1000. The van der Waals surface area contributed by atoms with Gasteiger partial charge in [-0.15, -0.1) is 11.3 Å². The molecule has 1 N–H and O–H groups in total. The molecule has 0 fully saturated rings. The van der Waals surface area contributed by atoms with Gasteiger partial charge in [-0.3, -0.25) is 9.59 Å². The summed E-state index contributed by atoms with van der Waals surface area (Å²) in [5, 5.41) is 2.06. The summed E-state index contributed by atoms with van der Waals surface area (Å²) in [6.45, 7) is 3.25. The molecule has 0 saturated heterocycles. The largest absolute Gasteiger partial charge is 0.334 e. The highest BCUT2D eigenvalue weighted by molar-refractivity contribution is 7.10. The molecule has 0 unspecified atom stereocenters. The predicted octanol–water partition coefficient (Wildman–Crippen LogP) is 3.61. The van der Waals surface area contributed by atoms with Crippen molar-refractivity contribution >= 4 is 17.2 Å². The first kappa shape index (κ1) is 15.8. The van der Waals surface area contributed by atoms with Crippen molar-refractivity contribution in [3.63, 3.8) is 0 Å². The first-order valence-corrected chi connectivity index (χ1v) is 9.14. The Balaban J connectivity index is 1.61. The Kier molecular flexibility index (Phi) is 4.01. The van der Waals surface area contributed by atoms with Gasteiger partial charge in [0.1, 0.15) is 5.56 Å². The molecule has 3 aromatic rings. The number of benzene rings is 1. The van der Waals surface area contributed by atoms with Crippen molar-refractivity contribution in [2.75, 3.05) is 6.54 Å². The molecule has 3 heterocycles. The van der Waals surface area contributed by atoms with Crippen LogP contribution < -0.4 is 5.56 Å². The van der Waals surface area contributed by atoms with Crippen LogP contribution in [0.25, 0.3) is 11.3 Å². The topological polar surface area (TPSA) is 53.2 Å². The fourth-order valence-electron chi connectivity index (χ4n) is 3.22. The molecule has 0 atom stereocenters. The van der Waals surface area contributed by atoms with E-state index in [0.29, 0.717) is 13.1 Å². The second kappa shape index (κ2) is 6.33. The molecular formula is C20H18N2O2S. The zero-order valence-electron chi connectivity index (χ0n) is 13.9. The van der Waals surface area contributed by atoms with Gasteiger partial charge in [-0.1, -0.05) is 23.8 Å². The molecule has 0 bridgehead atoms. The maximum absolute atomic E-state index is 12.8. The zero-order chi connectivity index (χ0) is 17.4. The van der Waals surface area contributed by atoms with Gasteiger partial charge in [0.15, 0.2) is 0 Å². The van der Waals surface area contributed by atoms with Crippen LogP contribution in [0.1, 0.15) is 26.4 Å². The normalized spacial score (nSPS) is 13.6. The molecule has 1 aromatic carbocycles. The van der Waals surface area contributed by atoms with Crippen LogP contribution in [0.15, 0.2) is 52.6 Å². The minimum atomic E-state index is -0.333. The van der Waals surface area contributed by atoms with Crippen molar-refractivity contribution in [2.24, 2.45) is 0 Å². The minimum absolute atomic E-state index is 0.200. The molecule has 1 aliphatic heterocycles. The average Bonchev–Trinajstić information content (AvgIpc) is 3.09. The van der Waals surface area contributed by atoms with Gasteiger partial charge >= 0.3 is 0 Å². The lowest BCUT2D eigenvalue weighted by Gasteiger charge is -2.26. The van der Waals surface area contributed by atoms with E-state index in [1.54, 1.807) is 22.3 Å². The summed E-state index contributed by atoms with van der Waals surface area (Å²) in [7, 11) is 0. The summed E-state index contributed by atoms with van der Waals surface area (Å²) in [5.74, 6) is -0.200. The van der Waals surface area contributed by atoms with Crippen LogP contribution in [0.4, 0.5) is 0 Å². The Morgan fingerprint density at radius 2 is 2.08 bits per heavy atom. The molecule has 0 aliphatic carbocycles.